The maximum absolute atomic E-state index is 12.0. The normalized spacial score (nSPS) is 19.7. The molecule has 1 unspecified atom stereocenters. The largest absolute Gasteiger partial charge is 0.374 e. The molecule has 1 N–H and O–H groups in total. The van der Waals surface area contributed by atoms with Gasteiger partial charge in [0, 0.05) is 36.8 Å². The van der Waals surface area contributed by atoms with Crippen LogP contribution in [-0.4, -0.2) is 49.7 Å². The van der Waals surface area contributed by atoms with Crippen molar-refractivity contribution in [3.63, 3.8) is 0 Å². The van der Waals surface area contributed by atoms with Crippen molar-refractivity contribution in [3.05, 3.63) is 34.9 Å². The molecule has 1 aliphatic heterocycles. The van der Waals surface area contributed by atoms with E-state index in [1.165, 1.54) is 0 Å². The molecule has 1 fully saturated rings. The SMILES string of the molecule is CC(C)CN1CCOC(CNC(=O)c2ccc(Cl)cc2)C1. The molecule has 1 heterocycles. The maximum Gasteiger partial charge on any atom is 0.251 e. The molecule has 0 radical (unpaired) electrons. The highest BCUT2D eigenvalue weighted by Gasteiger charge is 2.21. The smallest absolute Gasteiger partial charge is 0.251 e. The lowest BCUT2D eigenvalue weighted by Crippen LogP contribution is -2.48. The highest BCUT2D eigenvalue weighted by molar-refractivity contribution is 6.30. The number of hydrogen-bond donors (Lipinski definition) is 1. The van der Waals surface area contributed by atoms with E-state index >= 15 is 0 Å². The number of carbonyl (C=O) groups is 1. The summed E-state index contributed by atoms with van der Waals surface area (Å²) in [5.74, 6) is 0.559. The molecule has 5 heteroatoms. The second kappa shape index (κ2) is 7.78. The van der Waals surface area contributed by atoms with Gasteiger partial charge in [-0.1, -0.05) is 25.4 Å². The molecule has 2 rings (SSSR count). The first-order chi connectivity index (χ1) is 10.0. The minimum absolute atomic E-state index is 0.0637. The Hall–Kier alpha value is -1.10. The molecule has 1 amide bonds. The van der Waals surface area contributed by atoms with Crippen molar-refractivity contribution in [2.24, 2.45) is 5.92 Å². The average molecular weight is 311 g/mol. The van der Waals surface area contributed by atoms with E-state index in [-0.39, 0.29) is 12.0 Å². The van der Waals surface area contributed by atoms with Gasteiger partial charge in [0.25, 0.3) is 5.91 Å². The lowest BCUT2D eigenvalue weighted by atomic mass is 10.1. The molecule has 1 aromatic carbocycles. The van der Waals surface area contributed by atoms with Crippen molar-refractivity contribution < 1.29 is 9.53 Å². The molecule has 0 aliphatic carbocycles. The maximum atomic E-state index is 12.0. The third kappa shape index (κ3) is 5.30. The number of morpholine rings is 1. The molecule has 1 aromatic rings. The van der Waals surface area contributed by atoms with E-state index in [0.29, 0.717) is 23.0 Å². The zero-order valence-electron chi connectivity index (χ0n) is 12.6. The summed E-state index contributed by atoms with van der Waals surface area (Å²) >= 11 is 5.82. The van der Waals surface area contributed by atoms with Crippen molar-refractivity contribution in [1.82, 2.24) is 10.2 Å². The zero-order chi connectivity index (χ0) is 15.2. The van der Waals surface area contributed by atoms with Gasteiger partial charge in [0.1, 0.15) is 0 Å². The molecule has 0 spiro atoms. The predicted octanol–water partition coefficient (Wildman–Crippen LogP) is 2.43. The topological polar surface area (TPSA) is 41.6 Å². The van der Waals surface area contributed by atoms with E-state index in [4.69, 9.17) is 16.3 Å². The number of ether oxygens (including phenoxy) is 1. The summed E-state index contributed by atoms with van der Waals surface area (Å²) in [5.41, 5.74) is 0.620. The van der Waals surface area contributed by atoms with Crippen LogP contribution < -0.4 is 5.32 Å². The number of nitrogens with zero attached hydrogens (tertiary/aromatic N) is 1. The van der Waals surface area contributed by atoms with Crippen molar-refractivity contribution in [2.45, 2.75) is 20.0 Å². The summed E-state index contributed by atoms with van der Waals surface area (Å²) in [5, 5.41) is 3.56. The first kappa shape index (κ1) is 16.3. The minimum atomic E-state index is -0.0868. The lowest BCUT2D eigenvalue weighted by molar-refractivity contribution is -0.0295. The van der Waals surface area contributed by atoms with E-state index < -0.39 is 0 Å². The number of amides is 1. The van der Waals surface area contributed by atoms with Crippen molar-refractivity contribution in [2.75, 3.05) is 32.8 Å². The fourth-order valence-electron chi connectivity index (χ4n) is 2.50. The molecule has 1 saturated heterocycles. The van der Waals surface area contributed by atoms with Crippen LogP contribution in [0.2, 0.25) is 5.02 Å². The van der Waals surface area contributed by atoms with E-state index in [1.807, 2.05) is 0 Å². The molecule has 0 aromatic heterocycles. The Kier molecular flexibility index (Phi) is 6.03. The standard InChI is InChI=1S/C16H23ClN2O2/c1-12(2)10-19-7-8-21-15(11-19)9-18-16(20)13-3-5-14(17)6-4-13/h3-6,12,15H,7-11H2,1-2H3,(H,18,20). The Morgan fingerprint density at radius 1 is 1.43 bits per heavy atom. The lowest BCUT2D eigenvalue weighted by Gasteiger charge is -2.33. The summed E-state index contributed by atoms with van der Waals surface area (Å²) < 4.78 is 5.72. The molecular weight excluding hydrogens is 288 g/mol. The third-order valence-corrected chi connectivity index (χ3v) is 3.69. The van der Waals surface area contributed by atoms with Crippen LogP contribution >= 0.6 is 11.6 Å². The molecule has 0 bridgehead atoms. The van der Waals surface area contributed by atoms with Gasteiger partial charge in [-0.25, -0.2) is 0 Å². The summed E-state index contributed by atoms with van der Waals surface area (Å²) in [6, 6.07) is 6.89. The number of hydrogen-bond acceptors (Lipinski definition) is 3. The highest BCUT2D eigenvalue weighted by atomic mass is 35.5. The van der Waals surface area contributed by atoms with Gasteiger partial charge in [-0.05, 0) is 30.2 Å². The van der Waals surface area contributed by atoms with Gasteiger partial charge < -0.3 is 10.1 Å². The Morgan fingerprint density at radius 3 is 2.81 bits per heavy atom. The first-order valence-corrected chi connectivity index (χ1v) is 7.80. The Bertz CT molecular complexity index is 462. The van der Waals surface area contributed by atoms with Crippen LogP contribution in [0.4, 0.5) is 0 Å². The van der Waals surface area contributed by atoms with Crippen LogP contribution in [0.5, 0.6) is 0 Å². The van der Waals surface area contributed by atoms with Gasteiger partial charge in [0.05, 0.1) is 12.7 Å². The van der Waals surface area contributed by atoms with Gasteiger partial charge in [0.15, 0.2) is 0 Å². The number of carbonyl (C=O) groups excluding carboxylic acids is 1. The van der Waals surface area contributed by atoms with Crippen LogP contribution in [0.15, 0.2) is 24.3 Å². The molecule has 21 heavy (non-hydrogen) atoms. The zero-order valence-corrected chi connectivity index (χ0v) is 13.4. The number of halogens is 1. The first-order valence-electron chi connectivity index (χ1n) is 7.42. The fraction of sp³-hybridized carbons (Fsp3) is 0.562. The number of rotatable bonds is 5. The van der Waals surface area contributed by atoms with Crippen LogP contribution in [0, 0.1) is 5.92 Å². The van der Waals surface area contributed by atoms with Crippen LogP contribution in [0.1, 0.15) is 24.2 Å². The number of nitrogens with one attached hydrogen (secondary N) is 1. The second-order valence-electron chi connectivity index (χ2n) is 5.86. The highest BCUT2D eigenvalue weighted by Crippen LogP contribution is 2.10. The monoisotopic (exact) mass is 310 g/mol. The fourth-order valence-corrected chi connectivity index (χ4v) is 2.62. The van der Waals surface area contributed by atoms with Gasteiger partial charge in [-0.15, -0.1) is 0 Å². The van der Waals surface area contributed by atoms with Crippen LogP contribution in [0.25, 0.3) is 0 Å². The van der Waals surface area contributed by atoms with Crippen molar-refractivity contribution >= 4 is 17.5 Å². The van der Waals surface area contributed by atoms with Gasteiger partial charge >= 0.3 is 0 Å². The van der Waals surface area contributed by atoms with E-state index in [1.54, 1.807) is 24.3 Å². The quantitative estimate of drug-likeness (QED) is 0.908. The minimum Gasteiger partial charge on any atom is -0.374 e. The van der Waals surface area contributed by atoms with Gasteiger partial charge in [-0.3, -0.25) is 9.69 Å². The Morgan fingerprint density at radius 2 is 2.14 bits per heavy atom. The summed E-state index contributed by atoms with van der Waals surface area (Å²) in [7, 11) is 0. The van der Waals surface area contributed by atoms with Crippen molar-refractivity contribution in [3.8, 4) is 0 Å². The van der Waals surface area contributed by atoms with E-state index in [9.17, 15) is 4.79 Å². The molecule has 1 aliphatic rings. The van der Waals surface area contributed by atoms with Crippen LogP contribution in [0.3, 0.4) is 0 Å². The van der Waals surface area contributed by atoms with Crippen molar-refractivity contribution in [1.29, 1.82) is 0 Å². The molecule has 4 nitrogen and oxygen atoms in total. The van der Waals surface area contributed by atoms with E-state index in [2.05, 4.69) is 24.1 Å². The Labute approximate surface area is 131 Å². The second-order valence-corrected chi connectivity index (χ2v) is 6.30. The summed E-state index contributed by atoms with van der Waals surface area (Å²) in [6.45, 7) is 8.62. The average Bonchev–Trinajstić information content (AvgIpc) is 2.45. The molecule has 0 saturated carbocycles. The predicted molar refractivity (Wildman–Crippen MR) is 84.8 cm³/mol. The van der Waals surface area contributed by atoms with Crippen LogP contribution in [-0.2, 0) is 4.74 Å². The molecule has 1 atom stereocenters. The van der Waals surface area contributed by atoms with Gasteiger partial charge in [0.2, 0.25) is 0 Å². The molecule has 116 valence electrons. The number of benzene rings is 1. The molecular formula is C16H23ClN2O2. The third-order valence-electron chi connectivity index (χ3n) is 3.44. The van der Waals surface area contributed by atoms with E-state index in [0.717, 1.165) is 26.2 Å². The summed E-state index contributed by atoms with van der Waals surface area (Å²) in [4.78, 5) is 14.4. The summed E-state index contributed by atoms with van der Waals surface area (Å²) in [6.07, 6.45) is 0.0637. The Balaban J connectivity index is 1.79. The van der Waals surface area contributed by atoms with Gasteiger partial charge in [-0.2, -0.15) is 0 Å².